The Kier molecular flexibility index (Phi) is 3.47. The smallest absolute Gasteiger partial charge is 0.182 e. The van der Waals surface area contributed by atoms with Gasteiger partial charge in [-0.2, -0.15) is 0 Å². The summed E-state index contributed by atoms with van der Waals surface area (Å²) < 4.78 is 5.77. The van der Waals surface area contributed by atoms with E-state index in [1.807, 2.05) is 52.0 Å². The number of aromatic nitrogens is 1. The molecule has 0 unspecified atom stereocenters. The lowest BCUT2D eigenvalue weighted by molar-refractivity contribution is 0.131. The van der Waals surface area contributed by atoms with Crippen LogP contribution in [-0.4, -0.2) is 10.6 Å². The van der Waals surface area contributed by atoms with Gasteiger partial charge in [-0.25, -0.2) is 0 Å². The van der Waals surface area contributed by atoms with Gasteiger partial charge in [0.2, 0.25) is 0 Å². The van der Waals surface area contributed by atoms with Gasteiger partial charge in [0.05, 0.1) is 0 Å². The van der Waals surface area contributed by atoms with Crippen LogP contribution in [0.25, 0.3) is 11.3 Å². The van der Waals surface area contributed by atoms with E-state index >= 15 is 0 Å². The maximum Gasteiger partial charge on any atom is 0.182 e. The number of rotatable bonds is 2. The second-order valence-corrected chi connectivity index (χ2v) is 5.65. The topological polar surface area (TPSA) is 42.1 Å². The van der Waals surface area contributed by atoms with E-state index in [1.165, 1.54) is 0 Å². The Morgan fingerprint density at radius 2 is 1.68 bits per heavy atom. The molecule has 0 aliphatic heterocycles. The first-order valence-corrected chi connectivity index (χ1v) is 6.34. The van der Waals surface area contributed by atoms with Crippen molar-refractivity contribution in [2.45, 2.75) is 33.3 Å². The number of benzene rings is 1. The highest BCUT2D eigenvalue weighted by atomic mass is 16.5. The van der Waals surface area contributed by atoms with Crippen molar-refractivity contribution < 1.29 is 4.74 Å². The lowest BCUT2D eigenvalue weighted by atomic mass is 10.1. The molecule has 2 aromatic rings. The zero-order valence-electron chi connectivity index (χ0n) is 11.8. The van der Waals surface area contributed by atoms with Gasteiger partial charge in [0.25, 0.3) is 0 Å². The summed E-state index contributed by atoms with van der Waals surface area (Å²) in [7, 11) is 0. The van der Waals surface area contributed by atoms with Crippen LogP contribution in [0.15, 0.2) is 41.2 Å². The Morgan fingerprint density at radius 1 is 1.05 bits per heavy atom. The first-order chi connectivity index (χ1) is 8.83. The van der Waals surface area contributed by atoms with Crippen molar-refractivity contribution in [3.05, 3.63) is 52.3 Å². The molecule has 0 saturated heterocycles. The predicted octanol–water partition coefficient (Wildman–Crippen LogP) is 3.53. The molecule has 0 amide bonds. The number of hydrogen-bond acceptors (Lipinski definition) is 2. The highest BCUT2D eigenvalue weighted by Crippen LogP contribution is 2.22. The number of aromatic amines is 1. The van der Waals surface area contributed by atoms with E-state index in [1.54, 1.807) is 12.1 Å². The third-order valence-electron chi connectivity index (χ3n) is 2.57. The summed E-state index contributed by atoms with van der Waals surface area (Å²) in [6.07, 6.45) is 0. The van der Waals surface area contributed by atoms with E-state index in [-0.39, 0.29) is 11.0 Å². The molecule has 2 rings (SSSR count). The molecule has 0 radical (unpaired) electrons. The monoisotopic (exact) mass is 257 g/mol. The van der Waals surface area contributed by atoms with Crippen LogP contribution in [-0.2, 0) is 0 Å². The summed E-state index contributed by atoms with van der Waals surface area (Å²) in [5.74, 6) is 0.825. The average Bonchev–Trinajstić information content (AvgIpc) is 2.26. The highest BCUT2D eigenvalue weighted by molar-refractivity contribution is 5.60. The quantitative estimate of drug-likeness (QED) is 0.894. The zero-order valence-corrected chi connectivity index (χ0v) is 11.8. The normalized spacial score (nSPS) is 11.4. The van der Waals surface area contributed by atoms with Crippen molar-refractivity contribution in [3.63, 3.8) is 0 Å². The Bertz CT molecular complexity index is 618. The van der Waals surface area contributed by atoms with Crippen LogP contribution in [0.1, 0.15) is 26.5 Å². The van der Waals surface area contributed by atoms with Crippen LogP contribution < -0.4 is 10.2 Å². The molecule has 100 valence electrons. The van der Waals surface area contributed by atoms with E-state index in [2.05, 4.69) is 4.98 Å². The van der Waals surface area contributed by atoms with Gasteiger partial charge in [0.1, 0.15) is 11.4 Å². The molecule has 0 fully saturated rings. The first-order valence-electron chi connectivity index (χ1n) is 6.34. The summed E-state index contributed by atoms with van der Waals surface area (Å²) in [6, 6.07) is 10.9. The first kappa shape index (κ1) is 13.4. The Morgan fingerprint density at radius 3 is 2.21 bits per heavy atom. The molecular weight excluding hydrogens is 238 g/mol. The molecule has 1 aromatic heterocycles. The molecule has 1 aromatic carbocycles. The van der Waals surface area contributed by atoms with Crippen LogP contribution in [0.2, 0.25) is 0 Å². The van der Waals surface area contributed by atoms with Gasteiger partial charge in [0, 0.05) is 23.5 Å². The van der Waals surface area contributed by atoms with Gasteiger partial charge in [-0.05, 0) is 57.5 Å². The van der Waals surface area contributed by atoms with Crippen LogP contribution >= 0.6 is 0 Å². The largest absolute Gasteiger partial charge is 0.488 e. The van der Waals surface area contributed by atoms with E-state index in [0.717, 1.165) is 22.7 Å². The van der Waals surface area contributed by atoms with Gasteiger partial charge < -0.3 is 9.72 Å². The average molecular weight is 257 g/mol. The van der Waals surface area contributed by atoms with Crippen LogP contribution in [0.3, 0.4) is 0 Å². The van der Waals surface area contributed by atoms with Gasteiger partial charge in [0.15, 0.2) is 5.43 Å². The molecule has 0 bridgehead atoms. The third kappa shape index (κ3) is 3.71. The standard InChI is InChI=1S/C16H19NO2/c1-11-9-13(18)10-15(17-11)12-5-7-14(8-6-12)19-16(2,3)4/h5-10H,1-4H3,(H,17,18). The number of nitrogens with one attached hydrogen (secondary N) is 1. The number of aryl methyl sites for hydroxylation is 1. The Balaban J connectivity index is 2.30. The van der Waals surface area contributed by atoms with Crippen molar-refractivity contribution in [1.82, 2.24) is 4.98 Å². The van der Waals surface area contributed by atoms with Crippen LogP contribution in [0.4, 0.5) is 0 Å². The summed E-state index contributed by atoms with van der Waals surface area (Å²) in [6.45, 7) is 7.92. The Labute approximate surface area is 113 Å². The van der Waals surface area contributed by atoms with Crippen molar-refractivity contribution in [2.75, 3.05) is 0 Å². The van der Waals surface area contributed by atoms with Crippen LogP contribution in [0.5, 0.6) is 5.75 Å². The minimum Gasteiger partial charge on any atom is -0.488 e. The molecule has 19 heavy (non-hydrogen) atoms. The van der Waals surface area contributed by atoms with Gasteiger partial charge in [-0.15, -0.1) is 0 Å². The van der Waals surface area contributed by atoms with Crippen LogP contribution in [0, 0.1) is 6.92 Å². The SMILES string of the molecule is Cc1cc(=O)cc(-c2ccc(OC(C)(C)C)cc2)[nH]1. The molecule has 1 heterocycles. The van der Waals surface area contributed by atoms with Crippen molar-refractivity contribution >= 4 is 0 Å². The molecule has 0 atom stereocenters. The fourth-order valence-corrected chi connectivity index (χ4v) is 1.89. The fourth-order valence-electron chi connectivity index (χ4n) is 1.89. The summed E-state index contributed by atoms with van der Waals surface area (Å²) in [5, 5.41) is 0. The molecule has 3 heteroatoms. The minimum atomic E-state index is -0.209. The number of H-pyrrole nitrogens is 1. The van der Waals surface area contributed by atoms with Crippen molar-refractivity contribution in [2.24, 2.45) is 0 Å². The third-order valence-corrected chi connectivity index (χ3v) is 2.57. The summed E-state index contributed by atoms with van der Waals surface area (Å²) in [4.78, 5) is 14.7. The number of ether oxygens (including phenoxy) is 1. The molecule has 1 N–H and O–H groups in total. The minimum absolute atomic E-state index is 0.0151. The van der Waals surface area contributed by atoms with E-state index in [0.29, 0.717) is 0 Å². The van der Waals surface area contributed by atoms with Crippen molar-refractivity contribution in [1.29, 1.82) is 0 Å². The van der Waals surface area contributed by atoms with E-state index in [4.69, 9.17) is 4.74 Å². The zero-order chi connectivity index (χ0) is 14.0. The van der Waals surface area contributed by atoms with Crippen molar-refractivity contribution in [3.8, 4) is 17.0 Å². The molecule has 0 aliphatic rings. The maximum absolute atomic E-state index is 11.5. The fraction of sp³-hybridized carbons (Fsp3) is 0.312. The van der Waals surface area contributed by atoms with Gasteiger partial charge >= 0.3 is 0 Å². The Hall–Kier alpha value is -2.03. The highest BCUT2D eigenvalue weighted by Gasteiger charge is 2.11. The number of pyridine rings is 1. The molecular formula is C16H19NO2. The van der Waals surface area contributed by atoms with Gasteiger partial charge in [-0.3, -0.25) is 4.79 Å². The predicted molar refractivity (Wildman–Crippen MR) is 77.6 cm³/mol. The maximum atomic E-state index is 11.5. The summed E-state index contributed by atoms with van der Waals surface area (Å²) >= 11 is 0. The molecule has 3 nitrogen and oxygen atoms in total. The van der Waals surface area contributed by atoms with E-state index < -0.39 is 0 Å². The van der Waals surface area contributed by atoms with E-state index in [9.17, 15) is 4.79 Å². The lowest BCUT2D eigenvalue weighted by Crippen LogP contribution is -2.22. The number of hydrogen-bond donors (Lipinski definition) is 1. The lowest BCUT2D eigenvalue weighted by Gasteiger charge is -2.21. The second kappa shape index (κ2) is 4.92. The summed E-state index contributed by atoms with van der Waals surface area (Å²) in [5.41, 5.74) is 2.47. The molecule has 0 aliphatic carbocycles. The molecule has 0 spiro atoms. The second-order valence-electron chi connectivity index (χ2n) is 5.65. The molecule has 0 saturated carbocycles. The van der Waals surface area contributed by atoms with Gasteiger partial charge in [-0.1, -0.05) is 0 Å².